The van der Waals surface area contributed by atoms with E-state index in [0.717, 1.165) is 72.8 Å². The van der Waals surface area contributed by atoms with Crippen molar-refractivity contribution < 1.29 is 24.6 Å². The molecule has 0 saturated heterocycles. The fourth-order valence-corrected chi connectivity index (χ4v) is 6.86. The predicted molar refractivity (Wildman–Crippen MR) is 172 cm³/mol. The van der Waals surface area contributed by atoms with Gasteiger partial charge in [-0.2, -0.15) is 0 Å². The second-order valence-electron chi connectivity index (χ2n) is 11.6. The molecule has 2 aromatic heterocycles. The van der Waals surface area contributed by atoms with E-state index < -0.39 is 12.2 Å². The highest BCUT2D eigenvalue weighted by molar-refractivity contribution is 7.17. The number of anilines is 1. The number of unbranched alkanes of at least 4 members (excludes halogenated alkanes) is 4. The molecule has 2 amide bonds. The van der Waals surface area contributed by atoms with E-state index >= 15 is 0 Å². The Morgan fingerprint density at radius 1 is 1.05 bits per heavy atom. The van der Waals surface area contributed by atoms with Crippen LogP contribution in [0.1, 0.15) is 87.2 Å². The number of carbonyl (C=O) groups is 3. The minimum absolute atomic E-state index is 0.00750. The van der Waals surface area contributed by atoms with Gasteiger partial charge in [0.05, 0.1) is 16.8 Å². The molecular weight excluding hydrogens is 564 g/mol. The van der Waals surface area contributed by atoms with Gasteiger partial charge in [0.15, 0.2) is 0 Å². The summed E-state index contributed by atoms with van der Waals surface area (Å²) in [5.41, 5.74) is 3.56. The number of nitrogens with zero attached hydrogens (tertiary/aromatic N) is 2. The van der Waals surface area contributed by atoms with Crippen LogP contribution in [0.2, 0.25) is 0 Å². The average molecular weight is 611 g/mol. The smallest absolute Gasteiger partial charge is 0.303 e. The number of aliphatic carboxylic acids is 1. The third kappa shape index (κ3) is 9.06. The van der Waals surface area contributed by atoms with Crippen LogP contribution in [0.5, 0.6) is 0 Å². The Morgan fingerprint density at radius 3 is 2.51 bits per heavy atom. The number of nitrogens with one attached hydrogen (secondary N) is 2. The molecule has 1 aliphatic carbocycles. The summed E-state index contributed by atoms with van der Waals surface area (Å²) < 4.78 is 2.94. The topological polar surface area (TPSA) is 124 Å². The van der Waals surface area contributed by atoms with Gasteiger partial charge in [-0.25, -0.2) is 0 Å². The number of carbonyl (C=O) groups excluding carboxylic acids is 2. The number of carboxylic acids is 1. The number of amides is 2. The molecule has 2 heterocycles. The molecule has 1 aromatic carbocycles. The van der Waals surface area contributed by atoms with Gasteiger partial charge in [-0.05, 0) is 87.6 Å². The summed E-state index contributed by atoms with van der Waals surface area (Å²) in [7, 11) is 0. The lowest BCUT2D eigenvalue weighted by Crippen LogP contribution is -2.42. The van der Waals surface area contributed by atoms with Crippen LogP contribution >= 0.6 is 11.3 Å². The quantitative estimate of drug-likeness (QED) is 0.122. The molecule has 1 fully saturated rings. The van der Waals surface area contributed by atoms with E-state index in [1.807, 2.05) is 59.0 Å². The summed E-state index contributed by atoms with van der Waals surface area (Å²) in [5, 5.41) is 28.3. The number of aromatic nitrogens is 1. The van der Waals surface area contributed by atoms with Crippen molar-refractivity contribution in [2.24, 2.45) is 5.92 Å². The Hall–Kier alpha value is -3.37. The summed E-state index contributed by atoms with van der Waals surface area (Å²) in [6, 6.07) is 12.0. The Labute approximate surface area is 258 Å². The number of carboxylic acid groups (broad SMARTS) is 1. The summed E-state index contributed by atoms with van der Waals surface area (Å²) in [5.74, 6) is -0.836. The lowest BCUT2D eigenvalue weighted by Gasteiger charge is -2.30. The van der Waals surface area contributed by atoms with Crippen LogP contribution < -0.4 is 15.5 Å². The van der Waals surface area contributed by atoms with Gasteiger partial charge in [0.2, 0.25) is 5.91 Å². The van der Waals surface area contributed by atoms with Crippen molar-refractivity contribution >= 4 is 45.0 Å². The van der Waals surface area contributed by atoms with Crippen LogP contribution in [0.4, 0.5) is 5.69 Å². The largest absolute Gasteiger partial charge is 0.481 e. The number of aliphatic hydroxyl groups excluding tert-OH is 1. The standard InChI is InChI=1S/C33H46N4O5S/c1-3-36(26-11-9-10-23(2)20-26)30(38)22-37-27-17-19-43-29(27)21-28(37)33(42)35-25-15-13-24(14-16-25)32(41)34-18-8-6-4-5-7-12-31(39)40/h9-11,17,19-21,24-25,30,38H,3-8,12-16,18,22H2,1-2H3,(H,34,41)(H,35,42)(H,39,40). The number of benzene rings is 1. The van der Waals surface area contributed by atoms with Crippen molar-refractivity contribution in [3.63, 3.8) is 0 Å². The van der Waals surface area contributed by atoms with Gasteiger partial charge >= 0.3 is 5.97 Å². The zero-order valence-corrected chi connectivity index (χ0v) is 26.2. The number of fused-ring (bicyclic) bond motifs is 1. The molecule has 0 spiro atoms. The molecule has 43 heavy (non-hydrogen) atoms. The van der Waals surface area contributed by atoms with Crippen molar-refractivity contribution in [3.05, 3.63) is 53.0 Å². The normalized spacial score (nSPS) is 17.5. The lowest BCUT2D eigenvalue weighted by atomic mass is 9.85. The first kappa shape index (κ1) is 32.5. The fraction of sp³-hybridized carbons (Fsp3) is 0.545. The van der Waals surface area contributed by atoms with Crippen molar-refractivity contribution in [2.75, 3.05) is 18.0 Å². The SMILES string of the molecule is CCN(c1cccc(C)c1)C(O)Cn1c(C(=O)NC2CCC(C(=O)NCCCCCCCC(=O)O)CC2)cc2sccc21. The molecule has 1 aliphatic rings. The molecular formula is C33H46N4O5S. The van der Waals surface area contributed by atoms with Gasteiger partial charge in [-0.1, -0.05) is 31.4 Å². The van der Waals surface area contributed by atoms with Crippen molar-refractivity contribution in [1.82, 2.24) is 15.2 Å². The average Bonchev–Trinajstić information content (AvgIpc) is 3.58. The van der Waals surface area contributed by atoms with E-state index in [1.165, 1.54) is 0 Å². The van der Waals surface area contributed by atoms with E-state index in [1.54, 1.807) is 11.3 Å². The van der Waals surface area contributed by atoms with Crippen LogP contribution in [0.3, 0.4) is 0 Å². The maximum absolute atomic E-state index is 13.5. The van der Waals surface area contributed by atoms with E-state index in [9.17, 15) is 19.5 Å². The first-order valence-corrected chi connectivity index (χ1v) is 16.5. The lowest BCUT2D eigenvalue weighted by molar-refractivity contribution is -0.137. The third-order valence-corrected chi connectivity index (χ3v) is 9.29. The van der Waals surface area contributed by atoms with E-state index in [2.05, 4.69) is 16.7 Å². The summed E-state index contributed by atoms with van der Waals surface area (Å²) in [4.78, 5) is 38.7. The Kier molecular flexibility index (Phi) is 12.0. The molecule has 0 radical (unpaired) electrons. The first-order valence-electron chi connectivity index (χ1n) is 15.6. The van der Waals surface area contributed by atoms with Gasteiger partial charge < -0.3 is 30.3 Å². The minimum Gasteiger partial charge on any atom is -0.481 e. The van der Waals surface area contributed by atoms with Gasteiger partial charge in [0, 0.05) is 37.2 Å². The maximum atomic E-state index is 13.5. The number of likely N-dealkylation sites (N-methyl/N-ethyl adjacent to an activating group) is 1. The van der Waals surface area contributed by atoms with E-state index in [4.69, 9.17) is 5.11 Å². The Morgan fingerprint density at radius 2 is 1.79 bits per heavy atom. The molecule has 1 saturated carbocycles. The molecule has 3 aromatic rings. The molecule has 4 N–H and O–H groups in total. The number of hydrogen-bond acceptors (Lipinski definition) is 6. The Bertz CT molecular complexity index is 1360. The summed E-state index contributed by atoms with van der Waals surface area (Å²) in [6.45, 7) is 5.59. The van der Waals surface area contributed by atoms with Gasteiger partial charge in [0.1, 0.15) is 11.9 Å². The second kappa shape index (κ2) is 15.9. The first-order chi connectivity index (χ1) is 20.8. The van der Waals surface area contributed by atoms with Gasteiger partial charge in [0.25, 0.3) is 5.91 Å². The Balaban J connectivity index is 1.27. The molecule has 1 unspecified atom stereocenters. The van der Waals surface area contributed by atoms with Crippen LogP contribution in [0.25, 0.3) is 10.2 Å². The van der Waals surface area contributed by atoms with Crippen LogP contribution in [0.15, 0.2) is 41.8 Å². The summed E-state index contributed by atoms with van der Waals surface area (Å²) >= 11 is 1.58. The van der Waals surface area contributed by atoms with Gasteiger partial charge in [-0.3, -0.25) is 14.4 Å². The predicted octanol–water partition coefficient (Wildman–Crippen LogP) is 5.69. The third-order valence-electron chi connectivity index (χ3n) is 8.43. The molecule has 4 rings (SSSR count). The fourth-order valence-electron chi connectivity index (χ4n) is 6.04. The van der Waals surface area contributed by atoms with Crippen LogP contribution in [-0.4, -0.2) is 57.9 Å². The van der Waals surface area contributed by atoms with E-state index in [-0.39, 0.29) is 36.7 Å². The molecule has 0 aliphatic heterocycles. The molecule has 9 nitrogen and oxygen atoms in total. The monoisotopic (exact) mass is 610 g/mol. The zero-order valence-electron chi connectivity index (χ0n) is 25.4. The second-order valence-corrected chi connectivity index (χ2v) is 12.6. The maximum Gasteiger partial charge on any atom is 0.303 e. The number of aryl methyl sites for hydroxylation is 1. The highest BCUT2D eigenvalue weighted by Crippen LogP contribution is 2.29. The van der Waals surface area contributed by atoms with Crippen LogP contribution in [0, 0.1) is 12.8 Å². The van der Waals surface area contributed by atoms with Crippen molar-refractivity contribution in [3.8, 4) is 0 Å². The molecule has 1 atom stereocenters. The van der Waals surface area contributed by atoms with Crippen LogP contribution in [-0.2, 0) is 16.1 Å². The van der Waals surface area contributed by atoms with Crippen molar-refractivity contribution in [1.29, 1.82) is 0 Å². The van der Waals surface area contributed by atoms with E-state index in [0.29, 0.717) is 25.2 Å². The minimum atomic E-state index is -0.806. The highest BCUT2D eigenvalue weighted by Gasteiger charge is 2.28. The number of thiophene rings is 1. The number of rotatable bonds is 16. The molecule has 0 bridgehead atoms. The molecule has 234 valence electrons. The van der Waals surface area contributed by atoms with Crippen molar-refractivity contribution in [2.45, 2.75) is 96.9 Å². The zero-order chi connectivity index (χ0) is 30.8. The highest BCUT2D eigenvalue weighted by atomic mass is 32.1. The number of hydrogen-bond donors (Lipinski definition) is 4. The number of aliphatic hydroxyl groups is 1. The molecule has 10 heteroatoms. The van der Waals surface area contributed by atoms with Gasteiger partial charge in [-0.15, -0.1) is 11.3 Å². The summed E-state index contributed by atoms with van der Waals surface area (Å²) in [6.07, 6.45) is 6.88.